The summed E-state index contributed by atoms with van der Waals surface area (Å²) in [6.07, 6.45) is 0.877. The van der Waals surface area contributed by atoms with E-state index < -0.39 is 0 Å². The highest BCUT2D eigenvalue weighted by Gasteiger charge is 2.31. The summed E-state index contributed by atoms with van der Waals surface area (Å²) >= 11 is 3.41. The molecule has 0 bridgehead atoms. The molecule has 1 saturated heterocycles. The molecule has 1 aromatic rings. The first kappa shape index (κ1) is 10.6. The summed E-state index contributed by atoms with van der Waals surface area (Å²) in [5.41, 5.74) is 0.965. The lowest BCUT2D eigenvalue weighted by Crippen LogP contribution is -2.36. The van der Waals surface area contributed by atoms with E-state index >= 15 is 0 Å². The van der Waals surface area contributed by atoms with Crippen LogP contribution in [-0.4, -0.2) is 25.5 Å². The standard InChI is InChI=1S/C11H13BrN2O/c1-13-10-5-6-14(11(10)15)9-4-2-3-8(12)7-9/h2-4,7,10,13H,5-6H2,1H3. The lowest BCUT2D eigenvalue weighted by Gasteiger charge is -2.16. The number of likely N-dealkylation sites (N-methyl/N-ethyl adjacent to an activating group) is 1. The maximum atomic E-state index is 11.9. The van der Waals surface area contributed by atoms with E-state index in [-0.39, 0.29) is 11.9 Å². The number of rotatable bonds is 2. The van der Waals surface area contributed by atoms with Gasteiger partial charge in [-0.25, -0.2) is 0 Å². The van der Waals surface area contributed by atoms with Gasteiger partial charge in [-0.05, 0) is 31.7 Å². The molecule has 3 nitrogen and oxygen atoms in total. The van der Waals surface area contributed by atoms with Crippen LogP contribution in [0.5, 0.6) is 0 Å². The summed E-state index contributed by atoms with van der Waals surface area (Å²) < 4.78 is 1.00. The number of hydrogen-bond acceptors (Lipinski definition) is 2. The molecule has 1 fully saturated rings. The van der Waals surface area contributed by atoms with Crippen LogP contribution in [0.3, 0.4) is 0 Å². The molecule has 0 saturated carbocycles. The normalized spacial score (nSPS) is 21.1. The van der Waals surface area contributed by atoms with Crippen LogP contribution in [0.15, 0.2) is 28.7 Å². The van der Waals surface area contributed by atoms with Crippen molar-refractivity contribution in [1.29, 1.82) is 0 Å². The lowest BCUT2D eigenvalue weighted by molar-refractivity contribution is -0.118. The monoisotopic (exact) mass is 268 g/mol. The number of nitrogens with zero attached hydrogens (tertiary/aromatic N) is 1. The molecule has 1 unspecified atom stereocenters. The summed E-state index contributed by atoms with van der Waals surface area (Å²) in [7, 11) is 1.83. The largest absolute Gasteiger partial charge is 0.311 e. The van der Waals surface area contributed by atoms with Crippen molar-refractivity contribution in [2.75, 3.05) is 18.5 Å². The maximum absolute atomic E-state index is 11.9. The zero-order valence-electron chi connectivity index (χ0n) is 8.53. The van der Waals surface area contributed by atoms with Gasteiger partial charge < -0.3 is 10.2 Å². The van der Waals surface area contributed by atoms with E-state index in [1.807, 2.05) is 36.2 Å². The van der Waals surface area contributed by atoms with Crippen molar-refractivity contribution in [2.24, 2.45) is 0 Å². The second-order valence-corrected chi connectivity index (χ2v) is 4.52. The van der Waals surface area contributed by atoms with Crippen molar-refractivity contribution in [2.45, 2.75) is 12.5 Å². The summed E-state index contributed by atoms with van der Waals surface area (Å²) in [5.74, 6) is 0.163. The minimum Gasteiger partial charge on any atom is -0.311 e. The predicted molar refractivity (Wildman–Crippen MR) is 64.0 cm³/mol. The van der Waals surface area contributed by atoms with Gasteiger partial charge in [-0.15, -0.1) is 0 Å². The van der Waals surface area contributed by atoms with E-state index in [2.05, 4.69) is 21.2 Å². The average Bonchev–Trinajstić information content (AvgIpc) is 2.59. The van der Waals surface area contributed by atoms with Crippen LogP contribution in [0.1, 0.15) is 6.42 Å². The first-order valence-corrected chi connectivity index (χ1v) is 5.76. The third-order valence-electron chi connectivity index (χ3n) is 2.67. The highest BCUT2D eigenvalue weighted by atomic mass is 79.9. The average molecular weight is 269 g/mol. The molecule has 0 radical (unpaired) electrons. The zero-order chi connectivity index (χ0) is 10.8. The van der Waals surface area contributed by atoms with Gasteiger partial charge in [0.2, 0.25) is 5.91 Å². The number of carbonyl (C=O) groups is 1. The molecule has 15 heavy (non-hydrogen) atoms. The molecule has 1 aliphatic heterocycles. The number of anilines is 1. The summed E-state index contributed by atoms with van der Waals surface area (Å²) in [5, 5.41) is 3.03. The van der Waals surface area contributed by atoms with Gasteiger partial charge in [0.25, 0.3) is 0 Å². The van der Waals surface area contributed by atoms with E-state index in [0.717, 1.165) is 23.1 Å². The van der Waals surface area contributed by atoms with Gasteiger partial charge >= 0.3 is 0 Å². The van der Waals surface area contributed by atoms with Crippen LogP contribution < -0.4 is 10.2 Å². The van der Waals surface area contributed by atoms with Crippen LogP contribution in [0.25, 0.3) is 0 Å². The molecular weight excluding hydrogens is 256 g/mol. The fraction of sp³-hybridized carbons (Fsp3) is 0.364. The maximum Gasteiger partial charge on any atom is 0.244 e. The van der Waals surface area contributed by atoms with Gasteiger partial charge in [0.1, 0.15) is 0 Å². The third kappa shape index (κ3) is 2.06. The number of amides is 1. The Bertz CT molecular complexity index is 381. The molecule has 1 aromatic carbocycles. The zero-order valence-corrected chi connectivity index (χ0v) is 10.1. The van der Waals surface area contributed by atoms with Crippen LogP contribution in [0.2, 0.25) is 0 Å². The number of nitrogens with one attached hydrogen (secondary N) is 1. The second-order valence-electron chi connectivity index (χ2n) is 3.60. The SMILES string of the molecule is CNC1CCN(c2cccc(Br)c2)C1=O. The van der Waals surface area contributed by atoms with E-state index in [0.29, 0.717) is 0 Å². The predicted octanol–water partition coefficient (Wildman–Crippen LogP) is 1.77. The molecule has 2 rings (SSSR count). The van der Waals surface area contributed by atoms with Crippen LogP contribution >= 0.6 is 15.9 Å². The Balaban J connectivity index is 2.22. The molecule has 1 heterocycles. The Kier molecular flexibility index (Phi) is 3.07. The second kappa shape index (κ2) is 4.33. The Morgan fingerprint density at radius 2 is 2.33 bits per heavy atom. The van der Waals surface area contributed by atoms with Gasteiger partial charge in [0.05, 0.1) is 6.04 Å². The van der Waals surface area contributed by atoms with Crippen LogP contribution in [0.4, 0.5) is 5.69 Å². The van der Waals surface area contributed by atoms with Crippen molar-refractivity contribution >= 4 is 27.5 Å². The van der Waals surface area contributed by atoms with Crippen molar-refractivity contribution in [3.05, 3.63) is 28.7 Å². The smallest absolute Gasteiger partial charge is 0.244 e. The molecule has 1 N–H and O–H groups in total. The van der Waals surface area contributed by atoms with Gasteiger partial charge in [-0.1, -0.05) is 22.0 Å². The van der Waals surface area contributed by atoms with Gasteiger partial charge in [-0.2, -0.15) is 0 Å². The van der Waals surface area contributed by atoms with Crippen molar-refractivity contribution in [3.8, 4) is 0 Å². The van der Waals surface area contributed by atoms with E-state index in [4.69, 9.17) is 0 Å². The molecule has 0 aliphatic carbocycles. The highest BCUT2D eigenvalue weighted by Crippen LogP contribution is 2.24. The minimum atomic E-state index is -0.0241. The molecule has 1 amide bonds. The van der Waals surface area contributed by atoms with Crippen LogP contribution in [0, 0.1) is 0 Å². The van der Waals surface area contributed by atoms with Gasteiger partial charge in [0, 0.05) is 16.7 Å². The van der Waals surface area contributed by atoms with E-state index in [1.165, 1.54) is 0 Å². The third-order valence-corrected chi connectivity index (χ3v) is 3.17. The van der Waals surface area contributed by atoms with Crippen molar-refractivity contribution in [1.82, 2.24) is 5.32 Å². The fourth-order valence-corrected chi connectivity index (χ4v) is 2.24. The van der Waals surface area contributed by atoms with Crippen molar-refractivity contribution < 1.29 is 4.79 Å². The van der Waals surface area contributed by atoms with Crippen molar-refractivity contribution in [3.63, 3.8) is 0 Å². The quantitative estimate of drug-likeness (QED) is 0.887. The summed E-state index contributed by atoms with van der Waals surface area (Å²) in [6.45, 7) is 0.792. The highest BCUT2D eigenvalue weighted by molar-refractivity contribution is 9.10. The fourth-order valence-electron chi connectivity index (χ4n) is 1.85. The Hall–Kier alpha value is -0.870. The number of benzene rings is 1. The minimum absolute atomic E-state index is 0.0241. The summed E-state index contributed by atoms with van der Waals surface area (Å²) in [6, 6.07) is 7.80. The molecule has 1 atom stereocenters. The Labute approximate surface area is 97.6 Å². The number of hydrogen-bond donors (Lipinski definition) is 1. The Morgan fingerprint density at radius 1 is 1.53 bits per heavy atom. The first-order chi connectivity index (χ1) is 7.22. The Morgan fingerprint density at radius 3 is 2.93 bits per heavy atom. The van der Waals surface area contributed by atoms with E-state index in [9.17, 15) is 4.79 Å². The van der Waals surface area contributed by atoms with Gasteiger partial charge in [0.15, 0.2) is 0 Å². The van der Waals surface area contributed by atoms with E-state index in [1.54, 1.807) is 0 Å². The molecule has 0 spiro atoms. The number of carbonyl (C=O) groups excluding carboxylic acids is 1. The lowest BCUT2D eigenvalue weighted by atomic mass is 10.2. The summed E-state index contributed by atoms with van der Waals surface area (Å²) in [4.78, 5) is 13.7. The number of halogens is 1. The van der Waals surface area contributed by atoms with Gasteiger partial charge in [-0.3, -0.25) is 4.79 Å². The molecule has 4 heteroatoms. The van der Waals surface area contributed by atoms with Crippen LogP contribution in [-0.2, 0) is 4.79 Å². The molecular formula is C11H13BrN2O. The molecule has 80 valence electrons. The first-order valence-electron chi connectivity index (χ1n) is 4.96. The topological polar surface area (TPSA) is 32.3 Å². The molecule has 1 aliphatic rings. The molecule has 0 aromatic heterocycles.